The molecule has 6 nitrogen and oxygen atoms in total. The van der Waals surface area contributed by atoms with Gasteiger partial charge in [0, 0.05) is 27.2 Å². The van der Waals surface area contributed by atoms with Crippen LogP contribution in [0, 0.1) is 11.8 Å². The maximum atomic E-state index is 5.75. The Labute approximate surface area is 108 Å². The molecule has 6 heteroatoms. The number of piperidine rings is 1. The average Bonchev–Trinajstić information content (AvgIpc) is 2.31. The van der Waals surface area contributed by atoms with Gasteiger partial charge in [-0.15, -0.1) is 0 Å². The van der Waals surface area contributed by atoms with Gasteiger partial charge in [0.2, 0.25) is 17.8 Å². The summed E-state index contributed by atoms with van der Waals surface area (Å²) in [6.07, 6.45) is 1.17. The second-order valence-electron chi connectivity index (χ2n) is 5.38. The van der Waals surface area contributed by atoms with Crippen LogP contribution in [0.2, 0.25) is 0 Å². The van der Waals surface area contributed by atoms with E-state index in [1.807, 2.05) is 19.0 Å². The molecule has 0 saturated carbocycles. The van der Waals surface area contributed by atoms with Crippen LogP contribution in [-0.2, 0) is 0 Å². The summed E-state index contributed by atoms with van der Waals surface area (Å²) in [5.74, 6) is 3.01. The van der Waals surface area contributed by atoms with Crippen LogP contribution >= 0.6 is 0 Å². The minimum Gasteiger partial charge on any atom is -0.368 e. The zero-order valence-corrected chi connectivity index (χ0v) is 11.6. The lowest BCUT2D eigenvalue weighted by atomic mass is 9.89. The first-order valence-electron chi connectivity index (χ1n) is 6.41. The number of nitrogens with two attached hydrogens (primary N) is 1. The highest BCUT2D eigenvalue weighted by molar-refractivity contribution is 5.43. The zero-order chi connectivity index (χ0) is 13.3. The van der Waals surface area contributed by atoms with E-state index in [4.69, 9.17) is 5.73 Å². The van der Waals surface area contributed by atoms with E-state index < -0.39 is 0 Å². The van der Waals surface area contributed by atoms with Crippen molar-refractivity contribution in [1.29, 1.82) is 0 Å². The lowest BCUT2D eigenvalue weighted by Crippen LogP contribution is -2.39. The van der Waals surface area contributed by atoms with E-state index in [0.29, 0.717) is 17.8 Å². The molecule has 2 N–H and O–H groups in total. The predicted molar refractivity (Wildman–Crippen MR) is 73.7 cm³/mol. The molecule has 0 aromatic carbocycles. The third-order valence-corrected chi connectivity index (χ3v) is 3.65. The molecule has 1 aromatic heterocycles. The molecule has 1 fully saturated rings. The molecule has 0 bridgehead atoms. The smallest absolute Gasteiger partial charge is 0.231 e. The van der Waals surface area contributed by atoms with Gasteiger partial charge in [0.25, 0.3) is 0 Å². The van der Waals surface area contributed by atoms with Crippen LogP contribution in [0.25, 0.3) is 0 Å². The minimum absolute atomic E-state index is 0.287. The molecule has 18 heavy (non-hydrogen) atoms. The van der Waals surface area contributed by atoms with Crippen molar-refractivity contribution in [2.75, 3.05) is 42.7 Å². The lowest BCUT2D eigenvalue weighted by molar-refractivity contribution is 0.321. The molecule has 1 aromatic rings. The van der Waals surface area contributed by atoms with Crippen molar-refractivity contribution >= 4 is 17.8 Å². The molecular weight excluding hydrogens is 228 g/mol. The number of rotatable bonds is 2. The van der Waals surface area contributed by atoms with Crippen molar-refractivity contribution in [3.05, 3.63) is 0 Å². The summed E-state index contributed by atoms with van der Waals surface area (Å²) < 4.78 is 0. The third-order valence-electron chi connectivity index (χ3n) is 3.65. The molecule has 100 valence electrons. The topological polar surface area (TPSA) is 71.2 Å². The Balaban J connectivity index is 2.23. The molecule has 2 unspecified atom stereocenters. The van der Waals surface area contributed by atoms with E-state index in [2.05, 4.69) is 33.7 Å². The highest BCUT2D eigenvalue weighted by atomic mass is 15.3. The number of anilines is 3. The Morgan fingerprint density at radius 1 is 1.17 bits per heavy atom. The fraction of sp³-hybridized carbons (Fsp3) is 0.750. The van der Waals surface area contributed by atoms with Crippen molar-refractivity contribution in [3.8, 4) is 0 Å². The summed E-state index contributed by atoms with van der Waals surface area (Å²) >= 11 is 0. The van der Waals surface area contributed by atoms with E-state index in [1.54, 1.807) is 0 Å². The van der Waals surface area contributed by atoms with Gasteiger partial charge in [-0.25, -0.2) is 0 Å². The van der Waals surface area contributed by atoms with Gasteiger partial charge in [0.05, 0.1) is 0 Å². The molecule has 2 rings (SSSR count). The molecule has 2 atom stereocenters. The first-order valence-corrected chi connectivity index (χ1v) is 6.41. The molecule has 1 saturated heterocycles. The van der Waals surface area contributed by atoms with Crippen LogP contribution in [0.4, 0.5) is 17.8 Å². The number of nitrogen functional groups attached to an aromatic ring is 1. The number of hydrogen-bond donors (Lipinski definition) is 1. The summed E-state index contributed by atoms with van der Waals surface area (Å²) in [5.41, 5.74) is 5.75. The van der Waals surface area contributed by atoms with Gasteiger partial charge in [-0.2, -0.15) is 15.0 Å². The van der Waals surface area contributed by atoms with Gasteiger partial charge in [-0.1, -0.05) is 13.8 Å². The van der Waals surface area contributed by atoms with Gasteiger partial charge < -0.3 is 15.5 Å². The van der Waals surface area contributed by atoms with Crippen molar-refractivity contribution in [2.45, 2.75) is 20.3 Å². The summed E-state index contributed by atoms with van der Waals surface area (Å²) in [4.78, 5) is 16.9. The largest absolute Gasteiger partial charge is 0.368 e. The van der Waals surface area contributed by atoms with Crippen molar-refractivity contribution < 1.29 is 0 Å². The third kappa shape index (κ3) is 2.63. The number of aromatic nitrogens is 3. The van der Waals surface area contributed by atoms with Gasteiger partial charge in [-0.05, 0) is 18.3 Å². The molecule has 0 amide bonds. The fourth-order valence-electron chi connectivity index (χ4n) is 2.16. The van der Waals surface area contributed by atoms with Crippen LogP contribution < -0.4 is 15.5 Å². The van der Waals surface area contributed by atoms with Gasteiger partial charge >= 0.3 is 0 Å². The standard InChI is InChI=1S/C12H22N6/c1-8-5-6-18(7-9(8)2)12-15-10(13)14-11(16-12)17(3)4/h8-9H,5-7H2,1-4H3,(H2,13,14,15,16). The van der Waals surface area contributed by atoms with Gasteiger partial charge in [0.1, 0.15) is 0 Å². The molecule has 0 spiro atoms. The zero-order valence-electron chi connectivity index (χ0n) is 11.6. The van der Waals surface area contributed by atoms with Crippen LogP contribution in [-0.4, -0.2) is 42.1 Å². The minimum atomic E-state index is 0.287. The highest BCUT2D eigenvalue weighted by Gasteiger charge is 2.25. The highest BCUT2D eigenvalue weighted by Crippen LogP contribution is 2.25. The quantitative estimate of drug-likeness (QED) is 0.844. The molecule has 0 aliphatic carbocycles. The Morgan fingerprint density at radius 2 is 1.89 bits per heavy atom. The van der Waals surface area contributed by atoms with E-state index in [-0.39, 0.29) is 5.95 Å². The van der Waals surface area contributed by atoms with Crippen LogP contribution in [0.3, 0.4) is 0 Å². The van der Waals surface area contributed by atoms with Crippen LogP contribution in [0.5, 0.6) is 0 Å². The summed E-state index contributed by atoms with van der Waals surface area (Å²) in [7, 11) is 3.80. The molecular formula is C12H22N6. The van der Waals surface area contributed by atoms with Crippen molar-refractivity contribution in [1.82, 2.24) is 15.0 Å². The summed E-state index contributed by atoms with van der Waals surface area (Å²) in [5, 5.41) is 0. The Bertz CT molecular complexity index is 419. The van der Waals surface area contributed by atoms with E-state index in [0.717, 1.165) is 19.0 Å². The van der Waals surface area contributed by atoms with Crippen LogP contribution in [0.15, 0.2) is 0 Å². The van der Waals surface area contributed by atoms with Gasteiger partial charge in [0.15, 0.2) is 0 Å². The van der Waals surface area contributed by atoms with Crippen LogP contribution in [0.1, 0.15) is 20.3 Å². The molecule has 1 aliphatic heterocycles. The molecule has 1 aliphatic rings. The number of nitrogens with zero attached hydrogens (tertiary/aromatic N) is 5. The number of hydrogen-bond acceptors (Lipinski definition) is 6. The van der Waals surface area contributed by atoms with E-state index in [9.17, 15) is 0 Å². The Morgan fingerprint density at radius 3 is 2.50 bits per heavy atom. The first kappa shape index (κ1) is 12.9. The van der Waals surface area contributed by atoms with E-state index in [1.165, 1.54) is 6.42 Å². The average molecular weight is 250 g/mol. The maximum absolute atomic E-state index is 5.75. The second kappa shape index (κ2) is 4.96. The molecule has 2 heterocycles. The van der Waals surface area contributed by atoms with Crippen molar-refractivity contribution in [3.63, 3.8) is 0 Å². The Kier molecular flexibility index (Phi) is 3.54. The second-order valence-corrected chi connectivity index (χ2v) is 5.38. The summed E-state index contributed by atoms with van der Waals surface area (Å²) in [6, 6.07) is 0. The normalized spacial score (nSPS) is 24.1. The SMILES string of the molecule is CC1CCN(c2nc(N)nc(N(C)C)n2)CC1C. The maximum Gasteiger partial charge on any atom is 0.231 e. The van der Waals surface area contributed by atoms with E-state index >= 15 is 0 Å². The van der Waals surface area contributed by atoms with Crippen molar-refractivity contribution in [2.24, 2.45) is 11.8 Å². The lowest BCUT2D eigenvalue weighted by Gasteiger charge is -2.35. The first-order chi connectivity index (χ1) is 8.47. The van der Waals surface area contributed by atoms with Gasteiger partial charge in [-0.3, -0.25) is 0 Å². The molecule has 0 radical (unpaired) electrons. The fourth-order valence-corrected chi connectivity index (χ4v) is 2.16. The summed E-state index contributed by atoms with van der Waals surface area (Å²) in [6.45, 7) is 6.54. The predicted octanol–water partition coefficient (Wildman–Crippen LogP) is 1.00. The Hall–Kier alpha value is -1.59. The monoisotopic (exact) mass is 250 g/mol.